The molecule has 0 saturated heterocycles. The van der Waals surface area contributed by atoms with Crippen molar-refractivity contribution >= 4 is 27.4 Å². The van der Waals surface area contributed by atoms with Crippen LogP contribution < -0.4 is 14.8 Å². The highest BCUT2D eigenvalue weighted by Crippen LogP contribution is 2.24. The van der Waals surface area contributed by atoms with Crippen molar-refractivity contribution in [3.63, 3.8) is 0 Å². The van der Waals surface area contributed by atoms with E-state index < -0.39 is 10.0 Å². The van der Waals surface area contributed by atoms with Crippen LogP contribution in [0.4, 0.5) is 11.5 Å². The second kappa shape index (κ2) is 10.1. The zero-order chi connectivity index (χ0) is 24.1. The number of amides is 1. The maximum atomic E-state index is 12.4. The van der Waals surface area contributed by atoms with Crippen LogP contribution in [0.1, 0.15) is 44.9 Å². The van der Waals surface area contributed by atoms with Gasteiger partial charge in [-0.1, -0.05) is 38.1 Å². The van der Waals surface area contributed by atoms with Gasteiger partial charge in [0, 0.05) is 18.2 Å². The molecule has 0 bridgehead atoms. The average molecular weight is 472 g/mol. The average Bonchev–Trinajstić information content (AvgIpc) is 3.15. The maximum Gasteiger partial charge on any atom is 0.263 e. The SMILES string of the molecule is Cc1cc(NS(=O)(=O)c2ccc(NC(=O)CCCOc3ccc(C(C)(C)C)cc3)cc2)no1. The summed E-state index contributed by atoms with van der Waals surface area (Å²) in [5.41, 5.74) is 1.83. The number of anilines is 2. The van der Waals surface area contributed by atoms with Gasteiger partial charge in [0.2, 0.25) is 5.91 Å². The Morgan fingerprint density at radius 2 is 1.73 bits per heavy atom. The highest BCUT2D eigenvalue weighted by atomic mass is 32.2. The van der Waals surface area contributed by atoms with E-state index in [9.17, 15) is 13.2 Å². The molecule has 0 aliphatic rings. The van der Waals surface area contributed by atoms with Crippen molar-refractivity contribution in [3.05, 3.63) is 65.9 Å². The molecule has 9 heteroatoms. The lowest BCUT2D eigenvalue weighted by atomic mass is 9.87. The summed E-state index contributed by atoms with van der Waals surface area (Å²) in [5, 5.41) is 6.38. The van der Waals surface area contributed by atoms with Crippen molar-refractivity contribution in [1.29, 1.82) is 0 Å². The van der Waals surface area contributed by atoms with Gasteiger partial charge >= 0.3 is 0 Å². The van der Waals surface area contributed by atoms with Gasteiger partial charge in [-0.15, -0.1) is 0 Å². The summed E-state index contributed by atoms with van der Waals surface area (Å²) >= 11 is 0. The second-order valence-electron chi connectivity index (χ2n) is 8.73. The molecular formula is C24H29N3O5S. The minimum Gasteiger partial charge on any atom is -0.494 e. The number of benzene rings is 2. The summed E-state index contributed by atoms with van der Waals surface area (Å²) in [6.07, 6.45) is 0.841. The smallest absolute Gasteiger partial charge is 0.263 e. The number of rotatable bonds is 9. The van der Waals surface area contributed by atoms with Gasteiger partial charge in [-0.25, -0.2) is 8.42 Å². The molecular weight excluding hydrogens is 442 g/mol. The van der Waals surface area contributed by atoms with E-state index in [0.717, 1.165) is 5.75 Å². The first-order valence-electron chi connectivity index (χ1n) is 10.6. The fraction of sp³-hybridized carbons (Fsp3) is 0.333. The molecule has 0 spiro atoms. The minimum atomic E-state index is -3.80. The first-order chi connectivity index (χ1) is 15.5. The minimum absolute atomic E-state index is 0.0482. The summed E-state index contributed by atoms with van der Waals surface area (Å²) in [5.74, 6) is 1.20. The molecule has 0 radical (unpaired) electrons. The Kier molecular flexibility index (Phi) is 7.43. The van der Waals surface area contributed by atoms with E-state index >= 15 is 0 Å². The van der Waals surface area contributed by atoms with Gasteiger partial charge in [0.25, 0.3) is 10.0 Å². The van der Waals surface area contributed by atoms with Crippen LogP contribution in [0, 0.1) is 6.92 Å². The first kappa shape index (κ1) is 24.3. The predicted molar refractivity (Wildman–Crippen MR) is 127 cm³/mol. The van der Waals surface area contributed by atoms with Crippen molar-refractivity contribution in [2.24, 2.45) is 0 Å². The van der Waals surface area contributed by atoms with Crippen LogP contribution in [0.3, 0.4) is 0 Å². The van der Waals surface area contributed by atoms with Crippen molar-refractivity contribution < 1.29 is 22.5 Å². The van der Waals surface area contributed by atoms with Crippen LogP contribution in [0.15, 0.2) is 64.0 Å². The molecule has 0 aliphatic heterocycles. The number of carbonyl (C=O) groups excluding carboxylic acids is 1. The van der Waals surface area contributed by atoms with Crippen LogP contribution in [0.5, 0.6) is 5.75 Å². The number of hydrogen-bond donors (Lipinski definition) is 2. The van der Waals surface area contributed by atoms with Gasteiger partial charge in [-0.2, -0.15) is 0 Å². The highest BCUT2D eigenvalue weighted by molar-refractivity contribution is 7.92. The van der Waals surface area contributed by atoms with Gasteiger partial charge in [-0.3, -0.25) is 9.52 Å². The van der Waals surface area contributed by atoms with Crippen molar-refractivity contribution in [2.45, 2.75) is 50.8 Å². The Morgan fingerprint density at radius 1 is 1.06 bits per heavy atom. The van der Waals surface area contributed by atoms with Crippen LogP contribution in [-0.2, 0) is 20.2 Å². The van der Waals surface area contributed by atoms with Gasteiger partial charge in [0.05, 0.1) is 11.5 Å². The van der Waals surface area contributed by atoms with Gasteiger partial charge < -0.3 is 14.6 Å². The fourth-order valence-electron chi connectivity index (χ4n) is 3.03. The van der Waals surface area contributed by atoms with E-state index in [-0.39, 0.29) is 28.5 Å². The number of nitrogens with zero attached hydrogens (tertiary/aromatic N) is 1. The molecule has 3 rings (SSSR count). The Hall–Kier alpha value is -3.33. The molecule has 0 fully saturated rings. The van der Waals surface area contributed by atoms with E-state index in [1.165, 1.54) is 35.9 Å². The summed E-state index contributed by atoms with van der Waals surface area (Å²) < 4.78 is 37.7. The summed E-state index contributed by atoms with van der Waals surface area (Å²) in [4.78, 5) is 12.2. The fourth-order valence-corrected chi connectivity index (χ4v) is 4.01. The van der Waals surface area contributed by atoms with Crippen molar-refractivity contribution in [2.75, 3.05) is 16.6 Å². The molecule has 33 heavy (non-hydrogen) atoms. The van der Waals surface area contributed by atoms with Crippen LogP contribution in [0.2, 0.25) is 0 Å². The molecule has 1 amide bonds. The standard InChI is InChI=1S/C24H29N3O5S/c1-17-16-22(26-32-17)27-33(29,30)21-13-9-19(10-14-21)25-23(28)6-5-15-31-20-11-7-18(8-12-20)24(2,3)4/h7-14,16H,5-6,15H2,1-4H3,(H,25,28)(H,26,27). The van der Waals surface area contributed by atoms with Crippen molar-refractivity contribution in [3.8, 4) is 5.75 Å². The molecule has 3 aromatic rings. The maximum absolute atomic E-state index is 12.4. The third-order valence-corrected chi connectivity index (χ3v) is 6.22. The molecule has 176 valence electrons. The number of ether oxygens (including phenoxy) is 1. The van der Waals surface area contributed by atoms with Gasteiger partial charge in [0.1, 0.15) is 11.5 Å². The largest absolute Gasteiger partial charge is 0.494 e. The van der Waals surface area contributed by atoms with Crippen LogP contribution >= 0.6 is 0 Å². The van der Waals surface area contributed by atoms with Gasteiger partial charge in [-0.05, 0) is 60.7 Å². The lowest BCUT2D eigenvalue weighted by molar-refractivity contribution is -0.116. The predicted octanol–water partition coefficient (Wildman–Crippen LogP) is 4.88. The lowest BCUT2D eigenvalue weighted by Gasteiger charge is -2.19. The highest BCUT2D eigenvalue weighted by Gasteiger charge is 2.16. The number of carbonyl (C=O) groups is 1. The molecule has 0 aliphatic carbocycles. The monoisotopic (exact) mass is 471 g/mol. The normalized spacial score (nSPS) is 11.8. The topological polar surface area (TPSA) is 111 Å². The third kappa shape index (κ3) is 7.08. The Labute approximate surface area is 194 Å². The van der Waals surface area contributed by atoms with E-state index in [4.69, 9.17) is 9.26 Å². The molecule has 0 unspecified atom stereocenters. The number of sulfonamides is 1. The second-order valence-corrected chi connectivity index (χ2v) is 10.4. The molecule has 2 N–H and O–H groups in total. The number of hydrogen-bond acceptors (Lipinski definition) is 6. The molecule has 1 heterocycles. The van der Waals surface area contributed by atoms with Gasteiger partial charge in [0.15, 0.2) is 5.82 Å². The number of aromatic nitrogens is 1. The van der Waals surface area contributed by atoms with Crippen LogP contribution in [-0.4, -0.2) is 26.1 Å². The van der Waals surface area contributed by atoms with Crippen LogP contribution in [0.25, 0.3) is 0 Å². The Morgan fingerprint density at radius 3 is 2.30 bits per heavy atom. The van der Waals surface area contributed by atoms with E-state index in [0.29, 0.717) is 24.5 Å². The van der Waals surface area contributed by atoms with Crippen molar-refractivity contribution in [1.82, 2.24) is 5.16 Å². The zero-order valence-corrected chi connectivity index (χ0v) is 20.0. The summed E-state index contributed by atoms with van der Waals surface area (Å²) in [6.45, 7) is 8.56. The molecule has 1 aromatic heterocycles. The molecule has 0 atom stereocenters. The Bertz CT molecular complexity index is 1180. The molecule has 2 aromatic carbocycles. The molecule has 8 nitrogen and oxygen atoms in total. The number of nitrogens with one attached hydrogen (secondary N) is 2. The Balaban J connectivity index is 1.44. The van der Waals surface area contributed by atoms with E-state index in [1.807, 2.05) is 24.3 Å². The summed E-state index contributed by atoms with van der Waals surface area (Å²) in [6, 6.07) is 15.4. The lowest BCUT2D eigenvalue weighted by Crippen LogP contribution is -2.14. The van der Waals surface area contributed by atoms with E-state index in [1.54, 1.807) is 6.92 Å². The quantitative estimate of drug-likeness (QED) is 0.430. The van der Waals surface area contributed by atoms with E-state index in [2.05, 4.69) is 36.0 Å². The zero-order valence-electron chi connectivity index (χ0n) is 19.2. The summed E-state index contributed by atoms with van der Waals surface area (Å²) in [7, 11) is -3.80. The number of aryl methyl sites for hydroxylation is 1. The first-order valence-corrected chi connectivity index (χ1v) is 12.1. The third-order valence-electron chi connectivity index (χ3n) is 4.85. The molecule has 0 saturated carbocycles.